The highest BCUT2D eigenvalue weighted by Crippen LogP contribution is 2.37. The molecule has 0 N–H and O–H groups in total. The van der Waals surface area contributed by atoms with Crippen LogP contribution in [-0.2, 0) is 9.47 Å². The molecule has 3 heteroatoms. The van der Waals surface area contributed by atoms with Gasteiger partial charge in [-0.05, 0) is 11.1 Å². The lowest BCUT2D eigenvalue weighted by atomic mass is 9.89. The number of hydrogen-bond donors (Lipinski definition) is 0. The molecule has 2 aromatic rings. The number of ether oxygens (including phenoxy) is 2. The molecule has 2 atom stereocenters. The van der Waals surface area contributed by atoms with Gasteiger partial charge >= 0.3 is 6.16 Å². The summed E-state index contributed by atoms with van der Waals surface area (Å²) in [5.41, 5.74) is 2.11. The van der Waals surface area contributed by atoms with Gasteiger partial charge < -0.3 is 9.47 Å². The molecular formula is C16H14O3. The summed E-state index contributed by atoms with van der Waals surface area (Å²) in [6.45, 7) is 0.350. The SMILES string of the molecule is O=C1OCC(c2ccccc2)C(c2ccccc2)O1. The minimum Gasteiger partial charge on any atom is -0.433 e. The summed E-state index contributed by atoms with van der Waals surface area (Å²) in [5.74, 6) is 0.0290. The first-order valence-corrected chi connectivity index (χ1v) is 6.28. The van der Waals surface area contributed by atoms with Gasteiger partial charge in [0.05, 0.1) is 5.92 Å². The van der Waals surface area contributed by atoms with Gasteiger partial charge in [-0.3, -0.25) is 0 Å². The summed E-state index contributed by atoms with van der Waals surface area (Å²) in [7, 11) is 0. The molecular weight excluding hydrogens is 240 g/mol. The fourth-order valence-corrected chi connectivity index (χ4v) is 2.38. The number of carbonyl (C=O) groups is 1. The Balaban J connectivity index is 1.95. The summed E-state index contributed by atoms with van der Waals surface area (Å²) < 4.78 is 10.4. The van der Waals surface area contributed by atoms with Crippen LogP contribution in [0, 0.1) is 0 Å². The molecule has 1 fully saturated rings. The zero-order chi connectivity index (χ0) is 13.1. The summed E-state index contributed by atoms with van der Waals surface area (Å²) in [6, 6.07) is 19.8. The zero-order valence-corrected chi connectivity index (χ0v) is 10.4. The van der Waals surface area contributed by atoms with Crippen LogP contribution in [0.3, 0.4) is 0 Å². The maximum Gasteiger partial charge on any atom is 0.508 e. The minimum absolute atomic E-state index is 0.0290. The molecule has 0 aliphatic carbocycles. The van der Waals surface area contributed by atoms with E-state index < -0.39 is 6.16 Å². The van der Waals surface area contributed by atoms with Crippen molar-refractivity contribution in [2.45, 2.75) is 12.0 Å². The first-order valence-electron chi connectivity index (χ1n) is 6.28. The first kappa shape index (κ1) is 11.8. The Bertz CT molecular complexity index is 551. The second kappa shape index (κ2) is 5.14. The van der Waals surface area contributed by atoms with Gasteiger partial charge in [-0.15, -0.1) is 0 Å². The Kier molecular flexibility index (Phi) is 3.19. The van der Waals surface area contributed by atoms with Crippen molar-refractivity contribution in [2.75, 3.05) is 6.61 Å². The van der Waals surface area contributed by atoms with E-state index in [1.807, 2.05) is 60.7 Å². The summed E-state index contributed by atoms with van der Waals surface area (Å²) >= 11 is 0. The number of rotatable bonds is 2. The Morgan fingerprint density at radius 2 is 1.42 bits per heavy atom. The fraction of sp³-hybridized carbons (Fsp3) is 0.188. The third-order valence-corrected chi connectivity index (χ3v) is 3.33. The third kappa shape index (κ3) is 2.45. The number of cyclic esters (lactones) is 2. The van der Waals surface area contributed by atoms with Crippen molar-refractivity contribution < 1.29 is 14.3 Å². The topological polar surface area (TPSA) is 35.5 Å². The van der Waals surface area contributed by atoms with Crippen LogP contribution in [0.1, 0.15) is 23.1 Å². The molecule has 0 radical (unpaired) electrons. The molecule has 3 rings (SSSR count). The van der Waals surface area contributed by atoms with Gasteiger partial charge in [0.15, 0.2) is 0 Å². The second-order valence-corrected chi connectivity index (χ2v) is 4.53. The van der Waals surface area contributed by atoms with E-state index in [4.69, 9.17) is 9.47 Å². The van der Waals surface area contributed by atoms with Gasteiger partial charge in [-0.1, -0.05) is 60.7 Å². The van der Waals surface area contributed by atoms with E-state index in [0.29, 0.717) is 6.61 Å². The molecule has 3 nitrogen and oxygen atoms in total. The lowest BCUT2D eigenvalue weighted by Gasteiger charge is -2.31. The molecule has 19 heavy (non-hydrogen) atoms. The van der Waals surface area contributed by atoms with E-state index in [1.54, 1.807) is 0 Å². The van der Waals surface area contributed by atoms with Crippen LogP contribution < -0.4 is 0 Å². The van der Waals surface area contributed by atoms with Crippen molar-refractivity contribution in [1.82, 2.24) is 0 Å². The van der Waals surface area contributed by atoms with Crippen molar-refractivity contribution in [2.24, 2.45) is 0 Å². The fourth-order valence-electron chi connectivity index (χ4n) is 2.38. The van der Waals surface area contributed by atoms with Gasteiger partial charge in [0.1, 0.15) is 12.7 Å². The van der Waals surface area contributed by atoms with E-state index in [0.717, 1.165) is 11.1 Å². The van der Waals surface area contributed by atoms with Crippen molar-refractivity contribution in [1.29, 1.82) is 0 Å². The monoisotopic (exact) mass is 254 g/mol. The van der Waals surface area contributed by atoms with E-state index in [1.165, 1.54) is 0 Å². The third-order valence-electron chi connectivity index (χ3n) is 3.33. The maximum absolute atomic E-state index is 11.4. The van der Waals surface area contributed by atoms with Crippen LogP contribution in [0.4, 0.5) is 4.79 Å². The van der Waals surface area contributed by atoms with Crippen LogP contribution in [0.25, 0.3) is 0 Å². The van der Waals surface area contributed by atoms with E-state index in [9.17, 15) is 4.79 Å². The van der Waals surface area contributed by atoms with Gasteiger partial charge in [0, 0.05) is 0 Å². The summed E-state index contributed by atoms with van der Waals surface area (Å²) in [5, 5.41) is 0. The van der Waals surface area contributed by atoms with Gasteiger partial charge in [0.2, 0.25) is 0 Å². The zero-order valence-electron chi connectivity index (χ0n) is 10.4. The molecule has 1 aliphatic rings. The van der Waals surface area contributed by atoms with E-state index in [2.05, 4.69) is 0 Å². The summed E-state index contributed by atoms with van der Waals surface area (Å²) in [4.78, 5) is 11.4. The summed E-state index contributed by atoms with van der Waals surface area (Å²) in [6.07, 6.45) is -0.883. The average Bonchev–Trinajstić information content (AvgIpc) is 2.49. The number of carbonyl (C=O) groups excluding carboxylic acids is 1. The average molecular weight is 254 g/mol. The molecule has 0 aromatic heterocycles. The highest BCUT2D eigenvalue weighted by molar-refractivity contribution is 5.61. The largest absolute Gasteiger partial charge is 0.508 e. The molecule has 2 unspecified atom stereocenters. The normalized spacial score (nSPS) is 22.4. The quantitative estimate of drug-likeness (QED) is 0.767. The van der Waals surface area contributed by atoms with Crippen molar-refractivity contribution in [3.8, 4) is 0 Å². The molecule has 2 aromatic carbocycles. The van der Waals surface area contributed by atoms with Crippen LogP contribution in [0.5, 0.6) is 0 Å². The molecule has 1 saturated heterocycles. The van der Waals surface area contributed by atoms with Crippen LogP contribution in [0.15, 0.2) is 60.7 Å². The smallest absolute Gasteiger partial charge is 0.433 e. The molecule has 96 valence electrons. The Morgan fingerprint density at radius 3 is 2.05 bits per heavy atom. The van der Waals surface area contributed by atoms with Crippen molar-refractivity contribution in [3.63, 3.8) is 0 Å². The molecule has 0 bridgehead atoms. The molecule has 1 heterocycles. The number of hydrogen-bond acceptors (Lipinski definition) is 3. The molecule has 1 aliphatic heterocycles. The van der Waals surface area contributed by atoms with E-state index >= 15 is 0 Å². The lowest BCUT2D eigenvalue weighted by Crippen LogP contribution is -2.29. The van der Waals surface area contributed by atoms with Gasteiger partial charge in [-0.25, -0.2) is 4.79 Å². The highest BCUT2D eigenvalue weighted by atomic mass is 16.7. The van der Waals surface area contributed by atoms with Crippen LogP contribution >= 0.6 is 0 Å². The highest BCUT2D eigenvalue weighted by Gasteiger charge is 2.34. The van der Waals surface area contributed by atoms with Gasteiger partial charge in [0.25, 0.3) is 0 Å². The number of benzene rings is 2. The predicted molar refractivity (Wildman–Crippen MR) is 70.8 cm³/mol. The Hall–Kier alpha value is -2.29. The molecule has 0 spiro atoms. The minimum atomic E-state index is -0.596. The Morgan fingerprint density at radius 1 is 0.842 bits per heavy atom. The lowest BCUT2D eigenvalue weighted by molar-refractivity contribution is -0.0381. The first-order chi connectivity index (χ1) is 9.34. The second-order valence-electron chi connectivity index (χ2n) is 4.53. The Labute approximate surface area is 111 Å². The van der Waals surface area contributed by atoms with E-state index in [-0.39, 0.29) is 12.0 Å². The predicted octanol–water partition coefficient (Wildman–Crippen LogP) is 3.68. The van der Waals surface area contributed by atoms with Crippen molar-refractivity contribution in [3.05, 3.63) is 71.8 Å². The molecule has 0 saturated carbocycles. The van der Waals surface area contributed by atoms with Crippen LogP contribution in [0.2, 0.25) is 0 Å². The maximum atomic E-state index is 11.4. The van der Waals surface area contributed by atoms with Crippen molar-refractivity contribution >= 4 is 6.16 Å². The van der Waals surface area contributed by atoms with Gasteiger partial charge in [-0.2, -0.15) is 0 Å². The van der Waals surface area contributed by atoms with Crippen LogP contribution in [-0.4, -0.2) is 12.8 Å². The standard InChI is InChI=1S/C16H14O3/c17-16-18-11-14(12-7-3-1-4-8-12)15(19-16)13-9-5-2-6-10-13/h1-10,14-15H,11H2. The molecule has 0 amide bonds.